The monoisotopic (exact) mass is 478 g/mol. The molecule has 4 rings (SSSR count). The zero-order valence-electron chi connectivity index (χ0n) is 19.5. The molecule has 1 aliphatic heterocycles. The predicted octanol–water partition coefficient (Wildman–Crippen LogP) is 2.83. The molecule has 2 amide bonds. The third kappa shape index (κ3) is 5.61. The number of nitrogens with one attached hydrogen (secondary N) is 3. The van der Waals surface area contributed by atoms with Crippen LogP contribution in [0.5, 0.6) is 0 Å². The van der Waals surface area contributed by atoms with Crippen LogP contribution in [0.1, 0.15) is 15.9 Å². The van der Waals surface area contributed by atoms with Crippen molar-refractivity contribution in [2.75, 3.05) is 44.3 Å². The van der Waals surface area contributed by atoms with Crippen molar-refractivity contribution in [1.29, 1.82) is 0 Å². The number of pyridine rings is 2. The van der Waals surface area contributed by atoms with Crippen molar-refractivity contribution in [1.82, 2.24) is 24.9 Å². The van der Waals surface area contributed by atoms with Crippen LogP contribution in [0.25, 0.3) is 0 Å². The first kappa shape index (κ1) is 23.9. The first-order chi connectivity index (χ1) is 16.5. The summed E-state index contributed by atoms with van der Waals surface area (Å²) in [5, 5.41) is 6.83. The summed E-state index contributed by atoms with van der Waals surface area (Å²) >= 11 is 0. The summed E-state index contributed by atoms with van der Waals surface area (Å²) < 4.78 is 3.25. The maximum atomic E-state index is 13.3. The Hall–Kier alpha value is -3.27. The van der Waals surface area contributed by atoms with E-state index in [0.717, 1.165) is 36.6 Å². The van der Waals surface area contributed by atoms with Crippen molar-refractivity contribution < 1.29 is 9.59 Å². The number of benzene rings is 1. The van der Waals surface area contributed by atoms with Gasteiger partial charge in [-0.3, -0.25) is 19.5 Å². The lowest BCUT2D eigenvalue weighted by Gasteiger charge is -2.38. The number of hydrogen-bond acceptors (Lipinski definition) is 6. The van der Waals surface area contributed by atoms with E-state index < -0.39 is 10.2 Å². The first-order valence-corrected chi connectivity index (χ1v) is 13.2. The second-order valence-electron chi connectivity index (χ2n) is 8.33. The van der Waals surface area contributed by atoms with Gasteiger partial charge in [0.25, 0.3) is 5.91 Å². The fourth-order valence-electron chi connectivity index (χ4n) is 3.97. The Morgan fingerprint density at radius 1 is 1.06 bits per heavy atom. The number of anilines is 1. The minimum absolute atomic E-state index is 0.0908. The summed E-state index contributed by atoms with van der Waals surface area (Å²) in [5.41, 5.74) is 2.19. The molecule has 0 spiro atoms. The molecule has 9 heteroatoms. The second-order valence-corrected chi connectivity index (χ2v) is 11.2. The Bertz CT molecular complexity index is 1150. The second kappa shape index (κ2) is 10.8. The van der Waals surface area contributed by atoms with Crippen LogP contribution in [0, 0.1) is 6.92 Å². The smallest absolute Gasteiger partial charge is 0.258 e. The van der Waals surface area contributed by atoms with E-state index in [-0.39, 0.29) is 11.8 Å². The normalized spacial score (nSPS) is 16.8. The van der Waals surface area contributed by atoms with E-state index in [2.05, 4.69) is 30.2 Å². The summed E-state index contributed by atoms with van der Waals surface area (Å²) in [6, 6.07) is 14.9. The van der Waals surface area contributed by atoms with E-state index in [9.17, 15) is 9.59 Å². The quantitative estimate of drug-likeness (QED) is 0.483. The van der Waals surface area contributed by atoms with E-state index in [1.807, 2.05) is 49.6 Å². The zero-order chi connectivity index (χ0) is 24.0. The van der Waals surface area contributed by atoms with Gasteiger partial charge < -0.3 is 15.4 Å². The molecule has 0 aliphatic carbocycles. The molecule has 178 valence electrons. The van der Waals surface area contributed by atoms with Gasteiger partial charge in [0, 0.05) is 55.4 Å². The number of piperazine rings is 1. The number of carbonyl (C=O) groups excluding carboxylic acids is 2. The average Bonchev–Trinajstić information content (AvgIpc) is 2.85. The van der Waals surface area contributed by atoms with Gasteiger partial charge in [0.2, 0.25) is 5.91 Å². The van der Waals surface area contributed by atoms with E-state index in [1.165, 1.54) is 0 Å². The topological polar surface area (TPSA) is 99.2 Å². The lowest BCUT2D eigenvalue weighted by atomic mass is 10.2. The van der Waals surface area contributed by atoms with Crippen LogP contribution in [0.3, 0.4) is 0 Å². The zero-order valence-corrected chi connectivity index (χ0v) is 20.3. The van der Waals surface area contributed by atoms with E-state index in [1.54, 1.807) is 30.7 Å². The number of nitrogens with zero attached hydrogens (tertiary/aromatic N) is 3. The highest BCUT2D eigenvalue weighted by Gasteiger charge is 2.32. The van der Waals surface area contributed by atoms with Gasteiger partial charge in [-0.25, -0.2) is 4.98 Å². The van der Waals surface area contributed by atoms with Crippen molar-refractivity contribution >= 4 is 27.7 Å². The SMILES string of the molecule is Cc1cccc(NC(=O)c2cccnc2S(C)(NC(=O)CN2CCNCC2)c2ccncc2)c1. The van der Waals surface area contributed by atoms with Gasteiger partial charge >= 0.3 is 0 Å². The summed E-state index contributed by atoms with van der Waals surface area (Å²) in [6.07, 6.45) is 7.01. The van der Waals surface area contributed by atoms with Crippen LogP contribution in [0.2, 0.25) is 0 Å². The molecule has 1 aliphatic rings. The molecule has 8 nitrogen and oxygen atoms in total. The maximum absolute atomic E-state index is 13.3. The van der Waals surface area contributed by atoms with Crippen molar-refractivity contribution in [3.63, 3.8) is 0 Å². The summed E-state index contributed by atoms with van der Waals surface area (Å²) in [4.78, 5) is 38.3. The Morgan fingerprint density at radius 3 is 2.56 bits per heavy atom. The van der Waals surface area contributed by atoms with Crippen molar-refractivity contribution in [2.24, 2.45) is 0 Å². The Kier molecular flexibility index (Phi) is 7.56. The predicted molar refractivity (Wildman–Crippen MR) is 135 cm³/mol. The van der Waals surface area contributed by atoms with Gasteiger partial charge in [-0.1, -0.05) is 22.3 Å². The molecule has 0 saturated carbocycles. The highest BCUT2D eigenvalue weighted by molar-refractivity contribution is 8.32. The molecule has 2 aromatic heterocycles. The first-order valence-electron chi connectivity index (χ1n) is 11.2. The van der Waals surface area contributed by atoms with Crippen LogP contribution < -0.4 is 15.4 Å². The van der Waals surface area contributed by atoms with E-state index in [0.29, 0.717) is 22.8 Å². The van der Waals surface area contributed by atoms with E-state index in [4.69, 9.17) is 0 Å². The molecule has 1 aromatic carbocycles. The molecular formula is C25H30N6O2S. The Labute approximate surface area is 201 Å². The number of amides is 2. The third-order valence-electron chi connectivity index (χ3n) is 5.69. The lowest BCUT2D eigenvalue weighted by Crippen LogP contribution is -2.47. The molecule has 0 radical (unpaired) electrons. The van der Waals surface area contributed by atoms with Crippen LogP contribution in [-0.2, 0) is 4.79 Å². The number of rotatable bonds is 7. The fourth-order valence-corrected chi connectivity index (χ4v) is 6.47. The van der Waals surface area contributed by atoms with Crippen LogP contribution in [0.4, 0.5) is 5.69 Å². The molecule has 3 aromatic rings. The summed E-state index contributed by atoms with van der Waals surface area (Å²) in [7, 11) is -2.18. The maximum Gasteiger partial charge on any atom is 0.258 e. The molecule has 0 bridgehead atoms. The van der Waals surface area contributed by atoms with Crippen LogP contribution in [-0.4, -0.2) is 65.7 Å². The molecule has 3 N–H and O–H groups in total. The summed E-state index contributed by atoms with van der Waals surface area (Å²) in [5.74, 6) is -0.357. The largest absolute Gasteiger partial charge is 0.322 e. The van der Waals surface area contributed by atoms with Crippen molar-refractivity contribution in [3.05, 3.63) is 78.2 Å². The molecule has 3 heterocycles. The molecule has 1 atom stereocenters. The Balaban J connectivity index is 1.66. The molecule has 1 unspecified atom stereocenters. The highest BCUT2D eigenvalue weighted by Crippen LogP contribution is 2.56. The average molecular weight is 479 g/mol. The van der Waals surface area contributed by atoms with Crippen LogP contribution in [0.15, 0.2) is 77.0 Å². The molecule has 1 fully saturated rings. The molecular weight excluding hydrogens is 448 g/mol. The third-order valence-corrected chi connectivity index (χ3v) is 8.64. The minimum atomic E-state index is -2.18. The molecule has 1 saturated heterocycles. The minimum Gasteiger partial charge on any atom is -0.322 e. The number of hydrogen-bond donors (Lipinski definition) is 3. The van der Waals surface area contributed by atoms with Gasteiger partial charge in [-0.05, 0) is 55.1 Å². The molecule has 34 heavy (non-hydrogen) atoms. The van der Waals surface area contributed by atoms with Gasteiger partial charge in [0.1, 0.15) is 5.03 Å². The van der Waals surface area contributed by atoms with Crippen molar-refractivity contribution in [3.8, 4) is 0 Å². The number of aromatic nitrogens is 2. The van der Waals surface area contributed by atoms with Gasteiger partial charge in [-0.2, -0.15) is 0 Å². The van der Waals surface area contributed by atoms with Crippen LogP contribution >= 0.6 is 10.2 Å². The number of carbonyl (C=O) groups is 2. The summed E-state index contributed by atoms with van der Waals surface area (Å²) in [6.45, 7) is 5.65. The van der Waals surface area contributed by atoms with Gasteiger partial charge in [0.15, 0.2) is 0 Å². The lowest BCUT2D eigenvalue weighted by molar-refractivity contribution is -0.120. The van der Waals surface area contributed by atoms with Gasteiger partial charge in [0.05, 0.1) is 12.1 Å². The van der Waals surface area contributed by atoms with E-state index >= 15 is 0 Å². The Morgan fingerprint density at radius 2 is 1.82 bits per heavy atom. The standard InChI is InChI=1S/C25H30N6O2S/c1-19-5-3-6-20(17-19)29-24(33)22-7-4-10-28-25(22)34(2,21-8-11-26-12-9-21)30-23(32)18-31-15-13-27-14-16-31/h3-12,17,27H,13-16,18H2,1-2H3,(H,29,33)(H,30,32). The van der Waals surface area contributed by atoms with Crippen molar-refractivity contribution in [2.45, 2.75) is 16.8 Å². The highest BCUT2D eigenvalue weighted by atomic mass is 32.3. The van der Waals surface area contributed by atoms with Gasteiger partial charge in [-0.15, -0.1) is 0 Å². The fraction of sp³-hybridized carbons (Fsp3) is 0.280. The number of aryl methyl sites for hydroxylation is 1.